The van der Waals surface area contributed by atoms with Crippen molar-refractivity contribution in [2.45, 2.75) is 20.0 Å². The van der Waals surface area contributed by atoms with Crippen LogP contribution in [-0.2, 0) is 13.1 Å². The van der Waals surface area contributed by atoms with Crippen LogP contribution >= 0.6 is 34.5 Å². The average Bonchev–Trinajstić information content (AvgIpc) is 3.02. The highest BCUT2D eigenvalue weighted by molar-refractivity contribution is 7.20. The molecule has 0 bridgehead atoms. The third kappa shape index (κ3) is 2.94. The van der Waals surface area contributed by atoms with Crippen molar-refractivity contribution in [1.29, 1.82) is 0 Å². The maximum absolute atomic E-state index is 12.3. The van der Waals surface area contributed by atoms with Crippen molar-refractivity contribution in [3.8, 4) is 0 Å². The molecule has 21 heavy (non-hydrogen) atoms. The van der Waals surface area contributed by atoms with Crippen LogP contribution in [0.5, 0.6) is 0 Å². The first kappa shape index (κ1) is 14.9. The Balaban J connectivity index is 1.85. The van der Waals surface area contributed by atoms with Gasteiger partial charge in [0.25, 0.3) is 5.91 Å². The van der Waals surface area contributed by atoms with Crippen LogP contribution in [0.3, 0.4) is 0 Å². The number of carbonyl (C=O) groups is 1. The first-order valence-electron chi connectivity index (χ1n) is 6.67. The molecule has 0 atom stereocenters. The molecule has 1 aromatic heterocycles. The van der Waals surface area contributed by atoms with Gasteiger partial charge < -0.3 is 5.32 Å². The molecule has 1 N–H and O–H groups in total. The topological polar surface area (TPSA) is 32.3 Å². The summed E-state index contributed by atoms with van der Waals surface area (Å²) in [6, 6.07) is 7.61. The maximum Gasteiger partial charge on any atom is 0.258 e. The summed E-state index contributed by atoms with van der Waals surface area (Å²) in [5, 5.41) is 2.96. The van der Waals surface area contributed by atoms with Crippen LogP contribution in [0, 0.1) is 0 Å². The van der Waals surface area contributed by atoms with Gasteiger partial charge in [-0.1, -0.05) is 42.3 Å². The molecule has 2 aromatic rings. The predicted octanol–water partition coefficient (Wildman–Crippen LogP) is 4.64. The Bertz CT molecular complexity index is 699. The molecular formula is C15H14Cl2N2OS. The van der Waals surface area contributed by atoms with Gasteiger partial charge >= 0.3 is 0 Å². The van der Waals surface area contributed by atoms with Gasteiger partial charge in [0.1, 0.15) is 4.34 Å². The molecule has 0 saturated carbocycles. The third-order valence-corrected chi connectivity index (χ3v) is 5.13. The molecule has 0 saturated heterocycles. The molecule has 0 spiro atoms. The zero-order chi connectivity index (χ0) is 15.0. The van der Waals surface area contributed by atoms with E-state index in [1.54, 1.807) is 6.07 Å². The molecule has 1 aliphatic rings. The van der Waals surface area contributed by atoms with E-state index in [1.807, 2.05) is 12.1 Å². The summed E-state index contributed by atoms with van der Waals surface area (Å²) in [6.45, 7) is 4.92. The first-order chi connectivity index (χ1) is 10.1. The SMILES string of the molecule is CCN1Cc2cccc(NC(=O)c3cc(Cl)sc3Cl)c2C1. The molecule has 1 aliphatic heterocycles. The second-order valence-corrected chi connectivity index (χ2v) is 7.22. The van der Waals surface area contributed by atoms with E-state index in [0.717, 1.165) is 25.3 Å². The van der Waals surface area contributed by atoms with Crippen molar-refractivity contribution in [1.82, 2.24) is 4.90 Å². The summed E-state index contributed by atoms with van der Waals surface area (Å²) in [5.74, 6) is -0.216. The highest BCUT2D eigenvalue weighted by Gasteiger charge is 2.22. The summed E-state index contributed by atoms with van der Waals surface area (Å²) in [4.78, 5) is 14.7. The number of benzene rings is 1. The lowest BCUT2D eigenvalue weighted by atomic mass is 10.1. The van der Waals surface area contributed by atoms with Gasteiger partial charge in [-0.2, -0.15) is 0 Å². The van der Waals surface area contributed by atoms with E-state index in [4.69, 9.17) is 23.2 Å². The number of hydrogen-bond donors (Lipinski definition) is 1. The van der Waals surface area contributed by atoms with Crippen molar-refractivity contribution in [3.63, 3.8) is 0 Å². The van der Waals surface area contributed by atoms with Crippen molar-refractivity contribution >= 4 is 46.1 Å². The highest BCUT2D eigenvalue weighted by atomic mass is 35.5. The number of halogens is 2. The Hall–Kier alpha value is -1.07. The largest absolute Gasteiger partial charge is 0.322 e. The summed E-state index contributed by atoms with van der Waals surface area (Å²) < 4.78 is 0.931. The van der Waals surface area contributed by atoms with Gasteiger partial charge in [0.05, 0.1) is 9.90 Å². The average molecular weight is 341 g/mol. The molecule has 2 heterocycles. The van der Waals surface area contributed by atoms with E-state index >= 15 is 0 Å². The van der Waals surface area contributed by atoms with Crippen LogP contribution < -0.4 is 5.32 Å². The first-order valence-corrected chi connectivity index (χ1v) is 8.25. The van der Waals surface area contributed by atoms with Crippen LogP contribution in [0.1, 0.15) is 28.4 Å². The van der Waals surface area contributed by atoms with Crippen LogP contribution in [0.15, 0.2) is 24.3 Å². The molecule has 0 fully saturated rings. The summed E-state index contributed by atoms with van der Waals surface area (Å²) in [7, 11) is 0. The summed E-state index contributed by atoms with van der Waals surface area (Å²) in [5.41, 5.74) is 3.73. The molecule has 1 aromatic carbocycles. The van der Waals surface area contributed by atoms with Crippen LogP contribution in [0.25, 0.3) is 0 Å². The van der Waals surface area contributed by atoms with E-state index < -0.39 is 0 Å². The number of anilines is 1. The van der Waals surface area contributed by atoms with Crippen LogP contribution in [0.4, 0.5) is 5.69 Å². The quantitative estimate of drug-likeness (QED) is 0.882. The number of carbonyl (C=O) groups excluding carboxylic acids is 1. The maximum atomic E-state index is 12.3. The minimum Gasteiger partial charge on any atom is -0.322 e. The Morgan fingerprint density at radius 3 is 2.86 bits per heavy atom. The molecule has 0 unspecified atom stereocenters. The molecule has 110 valence electrons. The fraction of sp³-hybridized carbons (Fsp3) is 0.267. The molecule has 3 rings (SSSR count). The molecular weight excluding hydrogens is 327 g/mol. The van der Waals surface area contributed by atoms with Crippen molar-refractivity contribution in [3.05, 3.63) is 49.6 Å². The fourth-order valence-electron chi connectivity index (χ4n) is 2.52. The van der Waals surface area contributed by atoms with Crippen molar-refractivity contribution in [2.24, 2.45) is 0 Å². The minimum atomic E-state index is -0.216. The Kier molecular flexibility index (Phi) is 4.22. The zero-order valence-electron chi connectivity index (χ0n) is 11.5. The van der Waals surface area contributed by atoms with Crippen LogP contribution in [-0.4, -0.2) is 17.4 Å². The van der Waals surface area contributed by atoms with Gasteiger partial charge in [0.15, 0.2) is 0 Å². The lowest BCUT2D eigenvalue weighted by molar-refractivity contribution is 0.102. The standard InChI is InChI=1S/C15H14Cl2N2OS/c1-2-19-7-9-4-3-5-12(11(9)8-19)18-15(20)10-6-13(16)21-14(10)17/h3-6H,2,7-8H2,1H3,(H,18,20). The van der Waals surface area contributed by atoms with Crippen LogP contribution in [0.2, 0.25) is 8.67 Å². The number of nitrogens with one attached hydrogen (secondary N) is 1. The highest BCUT2D eigenvalue weighted by Crippen LogP contribution is 2.33. The third-order valence-electron chi connectivity index (χ3n) is 3.65. The lowest BCUT2D eigenvalue weighted by Gasteiger charge is -2.11. The second kappa shape index (κ2) is 5.97. The number of rotatable bonds is 3. The number of nitrogens with zero attached hydrogens (tertiary/aromatic N) is 1. The lowest BCUT2D eigenvalue weighted by Crippen LogP contribution is -2.16. The Morgan fingerprint density at radius 2 is 2.19 bits per heavy atom. The zero-order valence-corrected chi connectivity index (χ0v) is 13.8. The molecule has 3 nitrogen and oxygen atoms in total. The second-order valence-electron chi connectivity index (χ2n) is 4.94. The summed E-state index contributed by atoms with van der Waals surface area (Å²) >= 11 is 13.1. The molecule has 0 radical (unpaired) electrons. The van der Waals surface area contributed by atoms with E-state index in [-0.39, 0.29) is 5.91 Å². The number of hydrogen-bond acceptors (Lipinski definition) is 3. The molecule has 6 heteroatoms. The monoisotopic (exact) mass is 340 g/mol. The minimum absolute atomic E-state index is 0.216. The molecule has 1 amide bonds. The van der Waals surface area contributed by atoms with E-state index in [9.17, 15) is 4.79 Å². The number of fused-ring (bicyclic) bond motifs is 1. The number of amides is 1. The van der Waals surface area contributed by atoms with Gasteiger partial charge in [0, 0.05) is 18.8 Å². The number of thiophene rings is 1. The van der Waals surface area contributed by atoms with E-state index in [0.29, 0.717) is 14.2 Å². The van der Waals surface area contributed by atoms with E-state index in [1.165, 1.54) is 22.5 Å². The van der Waals surface area contributed by atoms with Gasteiger partial charge in [-0.15, -0.1) is 11.3 Å². The Morgan fingerprint density at radius 1 is 1.38 bits per heavy atom. The summed E-state index contributed by atoms with van der Waals surface area (Å²) in [6.07, 6.45) is 0. The Labute approximate surface area is 137 Å². The normalized spacial score (nSPS) is 14.2. The van der Waals surface area contributed by atoms with Gasteiger partial charge in [-0.25, -0.2) is 0 Å². The van der Waals surface area contributed by atoms with Crippen molar-refractivity contribution in [2.75, 3.05) is 11.9 Å². The van der Waals surface area contributed by atoms with E-state index in [2.05, 4.69) is 23.2 Å². The predicted molar refractivity (Wildman–Crippen MR) is 88.5 cm³/mol. The smallest absolute Gasteiger partial charge is 0.258 e. The molecule has 0 aliphatic carbocycles. The van der Waals surface area contributed by atoms with Gasteiger partial charge in [0.2, 0.25) is 0 Å². The van der Waals surface area contributed by atoms with Gasteiger partial charge in [-0.05, 0) is 29.8 Å². The fourth-order valence-corrected chi connectivity index (χ4v) is 3.97. The van der Waals surface area contributed by atoms with Crippen molar-refractivity contribution < 1.29 is 4.79 Å². The van der Waals surface area contributed by atoms with Gasteiger partial charge in [-0.3, -0.25) is 9.69 Å².